The number of benzene rings is 1. The molecule has 1 unspecified atom stereocenters. The molecule has 1 aliphatic heterocycles. The van der Waals surface area contributed by atoms with Crippen molar-refractivity contribution in [2.75, 3.05) is 6.54 Å². The Bertz CT molecular complexity index is 626. The number of ketones is 1. The topological polar surface area (TPSA) is 29.4 Å². The zero-order chi connectivity index (χ0) is 13.6. The van der Waals surface area contributed by atoms with Gasteiger partial charge in [-0.3, -0.25) is 9.79 Å². The van der Waals surface area contributed by atoms with Crippen molar-refractivity contribution in [2.45, 2.75) is 43.9 Å². The van der Waals surface area contributed by atoms with Crippen molar-refractivity contribution >= 4 is 11.5 Å². The molecule has 20 heavy (non-hydrogen) atoms. The highest BCUT2D eigenvalue weighted by Gasteiger charge is 2.53. The highest BCUT2D eigenvalue weighted by molar-refractivity contribution is 6.33. The smallest absolute Gasteiger partial charge is 0.175 e. The van der Waals surface area contributed by atoms with Crippen molar-refractivity contribution in [3.05, 3.63) is 47.0 Å². The summed E-state index contributed by atoms with van der Waals surface area (Å²) in [5.41, 5.74) is 4.23. The number of carbonyl (C=O) groups excluding carboxylic acids is 1. The fraction of sp³-hybridized carbons (Fsp3) is 0.444. The van der Waals surface area contributed by atoms with Gasteiger partial charge < -0.3 is 0 Å². The van der Waals surface area contributed by atoms with E-state index in [2.05, 4.69) is 12.1 Å². The third kappa shape index (κ3) is 1.45. The Morgan fingerprint density at radius 3 is 2.50 bits per heavy atom. The van der Waals surface area contributed by atoms with Crippen LogP contribution in [0.1, 0.15) is 44.1 Å². The Morgan fingerprint density at radius 1 is 0.950 bits per heavy atom. The molecule has 0 fully saturated rings. The molecule has 2 heteroatoms. The van der Waals surface area contributed by atoms with Gasteiger partial charge in [0, 0.05) is 12.1 Å². The normalized spacial score (nSPS) is 29.0. The van der Waals surface area contributed by atoms with Crippen LogP contribution in [-0.2, 0) is 10.2 Å². The van der Waals surface area contributed by atoms with Gasteiger partial charge in [0.2, 0.25) is 0 Å². The predicted molar refractivity (Wildman–Crippen MR) is 80.2 cm³/mol. The molecule has 0 saturated carbocycles. The molecule has 0 spiro atoms. The minimum Gasteiger partial charge on any atom is -0.293 e. The Morgan fingerprint density at radius 2 is 1.70 bits per heavy atom. The molecule has 0 amide bonds. The zero-order valence-electron chi connectivity index (χ0n) is 11.7. The lowest BCUT2D eigenvalue weighted by atomic mass is 9.70. The molecule has 0 N–H and O–H groups in total. The molecule has 3 aliphatic rings. The largest absolute Gasteiger partial charge is 0.293 e. The van der Waals surface area contributed by atoms with Crippen molar-refractivity contribution in [1.29, 1.82) is 0 Å². The van der Waals surface area contributed by atoms with E-state index in [1.54, 1.807) is 0 Å². The van der Waals surface area contributed by atoms with Gasteiger partial charge in [-0.15, -0.1) is 0 Å². The number of allylic oxidation sites excluding steroid dienone is 2. The summed E-state index contributed by atoms with van der Waals surface area (Å²) < 4.78 is 0. The molecule has 1 aromatic rings. The Kier molecular flexibility index (Phi) is 2.66. The molecule has 0 radical (unpaired) electrons. The van der Waals surface area contributed by atoms with Crippen LogP contribution in [0.2, 0.25) is 0 Å². The van der Waals surface area contributed by atoms with Gasteiger partial charge in [0.1, 0.15) is 5.41 Å². The SMILES string of the molecule is O=C1C2=C(CCCC2)C2=NCCCC12c1ccccc1. The first kappa shape index (κ1) is 12.1. The molecule has 0 aromatic heterocycles. The van der Waals surface area contributed by atoms with Crippen LogP contribution in [-0.4, -0.2) is 18.0 Å². The standard InChI is InChI=1S/C18H19NO/c20-17-15-10-5-4-9-14(15)16-18(17,11-6-12-19-16)13-7-2-1-3-8-13/h1-3,7-8H,4-6,9-12H2. The minimum absolute atomic E-state index is 0.358. The molecule has 2 nitrogen and oxygen atoms in total. The predicted octanol–water partition coefficient (Wildman–Crippen LogP) is 3.61. The Labute approximate surface area is 119 Å². The van der Waals surface area contributed by atoms with Crippen molar-refractivity contribution in [2.24, 2.45) is 4.99 Å². The first-order valence-electron chi connectivity index (χ1n) is 7.72. The van der Waals surface area contributed by atoms with E-state index in [0.29, 0.717) is 5.78 Å². The van der Waals surface area contributed by atoms with Crippen molar-refractivity contribution in [1.82, 2.24) is 0 Å². The highest BCUT2D eigenvalue weighted by atomic mass is 16.1. The summed E-state index contributed by atoms with van der Waals surface area (Å²) >= 11 is 0. The Balaban J connectivity index is 1.93. The van der Waals surface area contributed by atoms with Gasteiger partial charge in [0.05, 0.1) is 5.71 Å². The number of fused-ring (bicyclic) bond motifs is 2. The number of hydrogen-bond donors (Lipinski definition) is 0. The second-order valence-electron chi connectivity index (χ2n) is 6.10. The molecule has 1 aromatic carbocycles. The van der Waals surface area contributed by atoms with Crippen LogP contribution < -0.4 is 0 Å². The van der Waals surface area contributed by atoms with Gasteiger partial charge in [-0.05, 0) is 49.7 Å². The van der Waals surface area contributed by atoms with Crippen molar-refractivity contribution in [3.8, 4) is 0 Å². The van der Waals surface area contributed by atoms with Gasteiger partial charge in [-0.2, -0.15) is 0 Å². The van der Waals surface area contributed by atoms with E-state index in [-0.39, 0.29) is 0 Å². The first-order chi connectivity index (χ1) is 9.84. The van der Waals surface area contributed by atoms with Gasteiger partial charge in [-0.25, -0.2) is 0 Å². The van der Waals surface area contributed by atoms with Crippen LogP contribution in [0.25, 0.3) is 0 Å². The number of rotatable bonds is 1. The lowest BCUT2D eigenvalue weighted by Crippen LogP contribution is -2.42. The van der Waals surface area contributed by atoms with Gasteiger partial charge in [0.15, 0.2) is 5.78 Å². The number of hydrogen-bond acceptors (Lipinski definition) is 2. The average Bonchev–Trinajstić information content (AvgIpc) is 2.80. The summed E-state index contributed by atoms with van der Waals surface area (Å²) in [6, 6.07) is 10.3. The number of aliphatic imine (C=N–C) groups is 1. The maximum absolute atomic E-state index is 13.2. The average molecular weight is 265 g/mol. The minimum atomic E-state index is -0.436. The fourth-order valence-electron chi connectivity index (χ4n) is 4.17. The summed E-state index contributed by atoms with van der Waals surface area (Å²) in [7, 11) is 0. The van der Waals surface area contributed by atoms with Crippen LogP contribution in [0, 0.1) is 0 Å². The summed E-state index contributed by atoms with van der Waals surface area (Å²) in [6.07, 6.45) is 6.32. The summed E-state index contributed by atoms with van der Waals surface area (Å²) in [6.45, 7) is 0.883. The Hall–Kier alpha value is -1.70. The van der Waals surface area contributed by atoms with E-state index in [1.807, 2.05) is 18.2 Å². The van der Waals surface area contributed by atoms with Crippen molar-refractivity contribution in [3.63, 3.8) is 0 Å². The molecule has 2 aliphatic carbocycles. The molecule has 1 atom stereocenters. The number of carbonyl (C=O) groups is 1. The van der Waals surface area contributed by atoms with Crippen LogP contribution in [0.15, 0.2) is 46.5 Å². The third-order valence-corrected chi connectivity index (χ3v) is 5.07. The fourth-order valence-corrected chi connectivity index (χ4v) is 4.17. The van der Waals surface area contributed by atoms with Crippen LogP contribution in [0.4, 0.5) is 0 Å². The lowest BCUT2D eigenvalue weighted by molar-refractivity contribution is -0.118. The monoisotopic (exact) mass is 265 g/mol. The van der Waals surface area contributed by atoms with E-state index in [1.165, 1.54) is 12.0 Å². The molecular formula is C18H19NO. The van der Waals surface area contributed by atoms with E-state index in [4.69, 9.17) is 4.99 Å². The second kappa shape index (κ2) is 4.41. The lowest BCUT2D eigenvalue weighted by Gasteiger charge is -2.33. The molecule has 0 bridgehead atoms. The maximum Gasteiger partial charge on any atom is 0.175 e. The van der Waals surface area contributed by atoms with E-state index in [9.17, 15) is 4.79 Å². The molecule has 0 saturated heterocycles. The molecule has 4 rings (SSSR count). The van der Waals surface area contributed by atoms with Gasteiger partial charge in [0.25, 0.3) is 0 Å². The first-order valence-corrected chi connectivity index (χ1v) is 7.72. The summed E-state index contributed by atoms with van der Waals surface area (Å²) in [4.78, 5) is 18.0. The quantitative estimate of drug-likeness (QED) is 0.762. The zero-order valence-corrected chi connectivity index (χ0v) is 11.7. The van der Waals surface area contributed by atoms with Crippen molar-refractivity contribution < 1.29 is 4.79 Å². The maximum atomic E-state index is 13.2. The third-order valence-electron chi connectivity index (χ3n) is 5.07. The van der Waals surface area contributed by atoms with E-state index < -0.39 is 5.41 Å². The molecular weight excluding hydrogens is 246 g/mol. The van der Waals surface area contributed by atoms with Gasteiger partial charge in [-0.1, -0.05) is 30.3 Å². The number of nitrogens with zero attached hydrogens (tertiary/aromatic N) is 1. The number of Topliss-reactive ketones (excluding diaryl/α,β-unsaturated/α-hetero) is 1. The van der Waals surface area contributed by atoms with Crippen LogP contribution in [0.3, 0.4) is 0 Å². The van der Waals surface area contributed by atoms with E-state index in [0.717, 1.165) is 55.5 Å². The molecule has 102 valence electrons. The highest BCUT2D eigenvalue weighted by Crippen LogP contribution is 2.48. The summed E-state index contributed by atoms with van der Waals surface area (Å²) in [5.74, 6) is 0.358. The van der Waals surface area contributed by atoms with Crippen LogP contribution >= 0.6 is 0 Å². The summed E-state index contributed by atoms with van der Waals surface area (Å²) in [5, 5.41) is 0. The van der Waals surface area contributed by atoms with E-state index >= 15 is 0 Å². The van der Waals surface area contributed by atoms with Crippen LogP contribution in [0.5, 0.6) is 0 Å². The molecule has 1 heterocycles. The second-order valence-corrected chi connectivity index (χ2v) is 6.10. The van der Waals surface area contributed by atoms with Gasteiger partial charge >= 0.3 is 0 Å².